The van der Waals surface area contributed by atoms with Crippen LogP contribution in [0.2, 0.25) is 5.15 Å². The Morgan fingerprint density at radius 1 is 1.23 bits per heavy atom. The molecule has 7 heteroatoms. The number of hydrogen-bond donors (Lipinski definition) is 1. The summed E-state index contributed by atoms with van der Waals surface area (Å²) < 4.78 is 0. The SMILES string of the molecule is CC(NC(=O)CSc1nc(Cl)cc(N2CCCCC2)n1)c1ccccc1. The van der Waals surface area contributed by atoms with Crippen LogP contribution < -0.4 is 10.2 Å². The number of nitrogens with zero attached hydrogens (tertiary/aromatic N) is 3. The molecule has 26 heavy (non-hydrogen) atoms. The molecule has 5 nitrogen and oxygen atoms in total. The van der Waals surface area contributed by atoms with Crippen molar-refractivity contribution in [1.29, 1.82) is 0 Å². The molecule has 2 heterocycles. The summed E-state index contributed by atoms with van der Waals surface area (Å²) in [7, 11) is 0. The molecular formula is C19H23ClN4OS. The molecule has 3 rings (SSSR count). The van der Waals surface area contributed by atoms with E-state index in [1.165, 1.54) is 31.0 Å². The minimum absolute atomic E-state index is 0.0338. The Kier molecular flexibility index (Phi) is 6.74. The Morgan fingerprint density at radius 3 is 2.69 bits per heavy atom. The first-order valence-electron chi connectivity index (χ1n) is 8.88. The topological polar surface area (TPSA) is 58.1 Å². The van der Waals surface area contributed by atoms with Crippen LogP contribution in [0.3, 0.4) is 0 Å². The first-order valence-corrected chi connectivity index (χ1v) is 10.2. The smallest absolute Gasteiger partial charge is 0.230 e. The molecule has 1 saturated heterocycles. The van der Waals surface area contributed by atoms with Gasteiger partial charge in [0.2, 0.25) is 5.91 Å². The van der Waals surface area contributed by atoms with Gasteiger partial charge in [0.25, 0.3) is 0 Å². The van der Waals surface area contributed by atoms with E-state index in [0.29, 0.717) is 10.3 Å². The van der Waals surface area contributed by atoms with Crippen LogP contribution in [0.4, 0.5) is 5.82 Å². The van der Waals surface area contributed by atoms with Crippen molar-refractivity contribution >= 4 is 35.1 Å². The standard InChI is InChI=1S/C19H23ClN4OS/c1-14(15-8-4-2-5-9-15)21-18(25)13-26-19-22-16(20)12-17(23-19)24-10-6-3-7-11-24/h2,4-5,8-9,12,14H,3,6-7,10-11,13H2,1H3,(H,21,25). The van der Waals surface area contributed by atoms with Crippen molar-refractivity contribution in [1.82, 2.24) is 15.3 Å². The molecule has 1 fully saturated rings. The molecule has 1 atom stereocenters. The second kappa shape index (κ2) is 9.24. The Hall–Kier alpha value is -1.79. The normalized spacial score (nSPS) is 15.5. The van der Waals surface area contributed by atoms with Gasteiger partial charge in [-0.2, -0.15) is 0 Å². The van der Waals surface area contributed by atoms with Crippen LogP contribution >= 0.6 is 23.4 Å². The number of thioether (sulfide) groups is 1. The van der Waals surface area contributed by atoms with Gasteiger partial charge in [0.1, 0.15) is 11.0 Å². The average molecular weight is 391 g/mol. The summed E-state index contributed by atoms with van der Waals surface area (Å²) in [5.74, 6) is 1.07. The van der Waals surface area contributed by atoms with Crippen molar-refractivity contribution in [3.63, 3.8) is 0 Å². The molecule has 1 aromatic carbocycles. The van der Waals surface area contributed by atoms with E-state index in [1.807, 2.05) is 37.3 Å². The lowest BCUT2D eigenvalue weighted by molar-refractivity contribution is -0.119. The summed E-state index contributed by atoms with van der Waals surface area (Å²) in [6.07, 6.45) is 3.60. The largest absolute Gasteiger partial charge is 0.356 e. The molecule has 1 aromatic heterocycles. The number of nitrogens with one attached hydrogen (secondary N) is 1. The highest BCUT2D eigenvalue weighted by Crippen LogP contribution is 2.24. The molecule has 0 radical (unpaired) electrons. The molecular weight excluding hydrogens is 368 g/mol. The molecule has 0 spiro atoms. The van der Waals surface area contributed by atoms with Crippen LogP contribution in [-0.4, -0.2) is 34.7 Å². The molecule has 1 aliphatic rings. The zero-order valence-corrected chi connectivity index (χ0v) is 16.4. The number of amides is 1. The fourth-order valence-electron chi connectivity index (χ4n) is 2.97. The first-order chi connectivity index (χ1) is 12.6. The number of rotatable bonds is 6. The Labute approximate surface area is 163 Å². The van der Waals surface area contributed by atoms with Crippen molar-refractivity contribution in [2.45, 2.75) is 37.4 Å². The maximum atomic E-state index is 12.2. The van der Waals surface area contributed by atoms with Gasteiger partial charge in [0.15, 0.2) is 5.16 Å². The highest BCUT2D eigenvalue weighted by atomic mass is 35.5. The summed E-state index contributed by atoms with van der Waals surface area (Å²) in [6.45, 7) is 3.96. The predicted octanol–water partition coefficient (Wildman–Crippen LogP) is 4.09. The second-order valence-corrected chi connectivity index (χ2v) is 7.70. The quantitative estimate of drug-likeness (QED) is 0.457. The fourth-order valence-corrected chi connectivity index (χ4v) is 3.87. The van der Waals surface area contributed by atoms with Gasteiger partial charge in [0.05, 0.1) is 11.8 Å². The van der Waals surface area contributed by atoms with Crippen LogP contribution in [0.25, 0.3) is 0 Å². The van der Waals surface area contributed by atoms with Gasteiger partial charge in [-0.25, -0.2) is 9.97 Å². The number of hydrogen-bond acceptors (Lipinski definition) is 5. The number of piperidine rings is 1. The summed E-state index contributed by atoms with van der Waals surface area (Å²) >= 11 is 7.47. The maximum Gasteiger partial charge on any atom is 0.230 e. The molecule has 1 aliphatic heterocycles. The summed E-state index contributed by atoms with van der Waals surface area (Å²) in [6, 6.07) is 11.7. The zero-order chi connectivity index (χ0) is 18.4. The van der Waals surface area contributed by atoms with E-state index >= 15 is 0 Å². The summed E-state index contributed by atoms with van der Waals surface area (Å²) in [4.78, 5) is 23.3. The fraction of sp³-hybridized carbons (Fsp3) is 0.421. The van der Waals surface area contributed by atoms with E-state index in [1.54, 1.807) is 6.07 Å². The monoisotopic (exact) mass is 390 g/mol. The Balaban J connectivity index is 1.57. The van der Waals surface area contributed by atoms with Gasteiger partial charge in [-0.3, -0.25) is 4.79 Å². The number of halogens is 1. The van der Waals surface area contributed by atoms with E-state index in [4.69, 9.17) is 11.6 Å². The molecule has 0 saturated carbocycles. The third-order valence-corrected chi connectivity index (χ3v) is 5.39. The van der Waals surface area contributed by atoms with Gasteiger partial charge in [0, 0.05) is 19.2 Å². The number of carbonyl (C=O) groups is 1. The van der Waals surface area contributed by atoms with E-state index in [0.717, 1.165) is 24.5 Å². The highest BCUT2D eigenvalue weighted by molar-refractivity contribution is 7.99. The second-order valence-electron chi connectivity index (χ2n) is 6.37. The van der Waals surface area contributed by atoms with Crippen molar-refractivity contribution < 1.29 is 4.79 Å². The van der Waals surface area contributed by atoms with Gasteiger partial charge < -0.3 is 10.2 Å². The van der Waals surface area contributed by atoms with Crippen molar-refractivity contribution in [3.05, 3.63) is 47.1 Å². The third kappa shape index (κ3) is 5.35. The van der Waals surface area contributed by atoms with Crippen LogP contribution in [0.5, 0.6) is 0 Å². The van der Waals surface area contributed by atoms with Crippen molar-refractivity contribution in [3.8, 4) is 0 Å². The van der Waals surface area contributed by atoms with E-state index in [9.17, 15) is 4.79 Å². The minimum Gasteiger partial charge on any atom is -0.356 e. The van der Waals surface area contributed by atoms with E-state index < -0.39 is 0 Å². The van der Waals surface area contributed by atoms with Crippen LogP contribution in [0, 0.1) is 0 Å². The minimum atomic E-state index is -0.0468. The molecule has 2 aromatic rings. The summed E-state index contributed by atoms with van der Waals surface area (Å²) in [5, 5.41) is 3.96. The molecule has 0 aliphatic carbocycles. The molecule has 1 amide bonds. The van der Waals surface area contributed by atoms with E-state index in [2.05, 4.69) is 20.2 Å². The van der Waals surface area contributed by atoms with Crippen molar-refractivity contribution in [2.24, 2.45) is 0 Å². The number of benzene rings is 1. The number of anilines is 1. The van der Waals surface area contributed by atoms with Crippen molar-refractivity contribution in [2.75, 3.05) is 23.7 Å². The Morgan fingerprint density at radius 2 is 1.96 bits per heavy atom. The first kappa shape index (κ1) is 19.0. The molecule has 138 valence electrons. The average Bonchev–Trinajstić information content (AvgIpc) is 2.67. The summed E-state index contributed by atoms with van der Waals surface area (Å²) in [5.41, 5.74) is 1.08. The van der Waals surface area contributed by atoms with Gasteiger partial charge in [-0.1, -0.05) is 53.7 Å². The molecule has 1 N–H and O–H groups in total. The predicted molar refractivity (Wildman–Crippen MR) is 107 cm³/mol. The van der Waals surface area contributed by atoms with Gasteiger partial charge >= 0.3 is 0 Å². The van der Waals surface area contributed by atoms with Crippen LogP contribution in [0.1, 0.15) is 37.8 Å². The number of carbonyl (C=O) groups excluding carboxylic acids is 1. The lowest BCUT2D eigenvalue weighted by atomic mass is 10.1. The molecule has 1 unspecified atom stereocenters. The lowest BCUT2D eigenvalue weighted by Gasteiger charge is -2.27. The Bertz CT molecular complexity index is 738. The van der Waals surface area contributed by atoms with Gasteiger partial charge in [-0.15, -0.1) is 0 Å². The third-order valence-electron chi connectivity index (χ3n) is 4.35. The highest BCUT2D eigenvalue weighted by Gasteiger charge is 2.16. The molecule has 0 bridgehead atoms. The van der Waals surface area contributed by atoms with Crippen LogP contribution in [0.15, 0.2) is 41.6 Å². The van der Waals surface area contributed by atoms with Crippen LogP contribution in [-0.2, 0) is 4.79 Å². The van der Waals surface area contributed by atoms with Gasteiger partial charge in [-0.05, 0) is 31.7 Å². The number of aromatic nitrogens is 2. The van der Waals surface area contributed by atoms with E-state index in [-0.39, 0.29) is 17.7 Å². The lowest BCUT2D eigenvalue weighted by Crippen LogP contribution is -2.30. The zero-order valence-electron chi connectivity index (χ0n) is 14.8. The maximum absolute atomic E-state index is 12.2.